The molecule has 0 heterocycles. The van der Waals surface area contributed by atoms with Crippen LogP contribution in [-0.4, -0.2) is 49.5 Å². The van der Waals surface area contributed by atoms with E-state index in [2.05, 4.69) is 21.7 Å². The van der Waals surface area contributed by atoms with Gasteiger partial charge in [0.25, 0.3) is 0 Å². The molecule has 0 N–H and O–H groups in total. The van der Waals surface area contributed by atoms with Crippen LogP contribution in [0.3, 0.4) is 0 Å². The van der Waals surface area contributed by atoms with Crippen molar-refractivity contribution >= 4 is 17.5 Å². The average molecular weight is 342 g/mol. The lowest BCUT2D eigenvalue weighted by Crippen LogP contribution is -2.49. The van der Waals surface area contributed by atoms with Crippen LogP contribution in [0.15, 0.2) is 0 Å². The van der Waals surface area contributed by atoms with Crippen molar-refractivity contribution in [2.75, 3.05) is 13.2 Å². The lowest BCUT2D eigenvalue weighted by atomic mass is 10.2. The Hall–Kier alpha value is -2.71. The van der Waals surface area contributed by atoms with Gasteiger partial charge < -0.3 is 9.47 Å². The van der Waals surface area contributed by atoms with Gasteiger partial charge in [-0.1, -0.05) is 0 Å². The summed E-state index contributed by atoms with van der Waals surface area (Å²) in [4.78, 5) is 37.5. The Morgan fingerprint density at radius 1 is 0.818 bits per heavy atom. The van der Waals surface area contributed by atoms with Crippen molar-refractivity contribution in [1.29, 1.82) is 0 Å². The molecule has 0 aliphatic carbocycles. The number of thiocarbonyl (C=S) groups is 1. The van der Waals surface area contributed by atoms with Crippen LogP contribution in [0.2, 0.25) is 0 Å². The van der Waals surface area contributed by atoms with Crippen molar-refractivity contribution < 1.29 is 29.2 Å². The maximum absolute atomic E-state index is 10.6. The summed E-state index contributed by atoms with van der Waals surface area (Å²) in [5.41, 5.74) is -5.44. The van der Waals surface area contributed by atoms with E-state index in [0.29, 0.717) is 13.8 Å². The van der Waals surface area contributed by atoms with Crippen LogP contribution in [0.5, 0.6) is 0 Å². The molecule has 0 aromatic carbocycles. The lowest BCUT2D eigenvalue weighted by molar-refractivity contribution is -0.794. The van der Waals surface area contributed by atoms with E-state index in [9.17, 15) is 40.5 Å². The fraction of sp³-hybridized carbons (Fsp3) is 0.857. The summed E-state index contributed by atoms with van der Waals surface area (Å²) in [6.07, 6.45) is 0. The molecule has 0 saturated heterocycles. The molecule has 22 heavy (non-hydrogen) atoms. The molecule has 0 saturated carbocycles. The van der Waals surface area contributed by atoms with Gasteiger partial charge >= 0.3 is 16.6 Å². The van der Waals surface area contributed by atoms with Crippen molar-refractivity contribution in [3.05, 3.63) is 40.5 Å². The topological polar surface area (TPSA) is 191 Å². The van der Waals surface area contributed by atoms with Gasteiger partial charge in [0.05, 0.1) is 13.8 Å². The van der Waals surface area contributed by atoms with Gasteiger partial charge in [-0.25, -0.2) is 0 Å². The maximum Gasteiger partial charge on any atom is 0.488 e. The Kier molecular flexibility index (Phi) is 5.99. The first-order valence-corrected chi connectivity index (χ1v) is 5.66. The molecule has 0 atom stereocenters. The van der Waals surface area contributed by atoms with Crippen LogP contribution >= 0.6 is 12.2 Å². The molecule has 0 aromatic heterocycles. The van der Waals surface area contributed by atoms with Gasteiger partial charge in [0.1, 0.15) is 19.7 Å². The number of nitrogens with zero attached hydrogens (tertiary/aromatic N) is 4. The zero-order valence-electron chi connectivity index (χ0n) is 11.2. The van der Waals surface area contributed by atoms with Crippen molar-refractivity contribution in [2.24, 2.45) is 0 Å². The van der Waals surface area contributed by atoms with E-state index in [-0.39, 0.29) is 0 Å². The zero-order valence-corrected chi connectivity index (χ0v) is 12.0. The van der Waals surface area contributed by atoms with Gasteiger partial charge in [-0.05, 0) is 0 Å². The third kappa shape index (κ3) is 4.14. The summed E-state index contributed by atoms with van der Waals surface area (Å²) in [7, 11) is 0. The molecular weight excluding hydrogens is 332 g/mol. The zero-order chi connectivity index (χ0) is 17.7. The standard InChI is InChI=1S/C7H10N4O10S/c1-6(8(12)13,9(14)15)3-20-5(22)21-4-7(2,10(16)17)11(18)19/h3-4H2,1-2H3. The minimum atomic E-state index is -2.72. The molecule has 0 aromatic rings. The summed E-state index contributed by atoms with van der Waals surface area (Å²) in [5, 5.41) is 41.4. The van der Waals surface area contributed by atoms with Gasteiger partial charge in [-0.2, -0.15) is 0 Å². The predicted molar refractivity (Wildman–Crippen MR) is 69.3 cm³/mol. The van der Waals surface area contributed by atoms with Crippen LogP contribution < -0.4 is 0 Å². The fourth-order valence-electron chi connectivity index (χ4n) is 0.777. The molecule has 0 fully saturated rings. The summed E-state index contributed by atoms with van der Waals surface area (Å²) < 4.78 is 8.93. The smallest absolute Gasteiger partial charge is 0.441 e. The average Bonchev–Trinajstić information content (AvgIpc) is 2.40. The Labute approximate surface area is 126 Å². The molecule has 0 amide bonds. The summed E-state index contributed by atoms with van der Waals surface area (Å²) in [6, 6.07) is 0. The second kappa shape index (κ2) is 6.83. The minimum absolute atomic E-state index is 0.647. The second-order valence-electron chi connectivity index (χ2n) is 4.29. The summed E-state index contributed by atoms with van der Waals surface area (Å²) >= 11 is 4.40. The highest BCUT2D eigenvalue weighted by molar-refractivity contribution is 7.79. The monoisotopic (exact) mass is 342 g/mol. The quantitative estimate of drug-likeness (QED) is 0.246. The molecule has 0 radical (unpaired) electrons. The van der Waals surface area contributed by atoms with Crippen LogP contribution in [0.1, 0.15) is 13.8 Å². The predicted octanol–water partition coefficient (Wildman–Crippen LogP) is -0.156. The summed E-state index contributed by atoms with van der Waals surface area (Å²) in [6.45, 7) is -0.958. The van der Waals surface area contributed by atoms with E-state index in [1.54, 1.807) is 0 Å². The maximum atomic E-state index is 10.6. The molecule has 0 unspecified atom stereocenters. The SMILES string of the molecule is CC(COC(=S)OCC(C)([N+](=O)[O-])[N+](=O)[O-])([N+](=O)[O-])[N+](=O)[O-]. The van der Waals surface area contributed by atoms with Crippen LogP contribution in [-0.2, 0) is 9.47 Å². The molecular formula is C7H10N4O10S. The Morgan fingerprint density at radius 3 is 1.23 bits per heavy atom. The fourth-order valence-corrected chi connectivity index (χ4v) is 0.895. The Balaban J connectivity index is 4.72. The van der Waals surface area contributed by atoms with Gasteiger partial charge in [0, 0.05) is 12.2 Å². The molecule has 0 aliphatic heterocycles. The highest BCUT2D eigenvalue weighted by atomic mass is 32.1. The van der Waals surface area contributed by atoms with Crippen LogP contribution in [0, 0.1) is 40.5 Å². The highest BCUT2D eigenvalue weighted by Gasteiger charge is 2.53. The van der Waals surface area contributed by atoms with E-state index >= 15 is 0 Å². The molecule has 0 spiro atoms. The van der Waals surface area contributed by atoms with E-state index in [4.69, 9.17) is 0 Å². The normalized spacial score (nSPS) is 11.4. The molecule has 0 rings (SSSR count). The van der Waals surface area contributed by atoms with E-state index in [0.717, 1.165) is 0 Å². The summed E-state index contributed by atoms with van der Waals surface area (Å²) in [5.74, 6) is 0. The largest absolute Gasteiger partial charge is 0.488 e. The molecule has 0 bridgehead atoms. The van der Waals surface area contributed by atoms with E-state index in [1.165, 1.54) is 0 Å². The Bertz CT molecular complexity index is 449. The molecule has 14 nitrogen and oxygen atoms in total. The Morgan fingerprint density at radius 2 is 1.05 bits per heavy atom. The van der Waals surface area contributed by atoms with Gasteiger partial charge in [-0.15, -0.1) is 0 Å². The second-order valence-corrected chi connectivity index (χ2v) is 4.62. The van der Waals surface area contributed by atoms with Crippen molar-refractivity contribution in [1.82, 2.24) is 0 Å². The van der Waals surface area contributed by atoms with E-state index < -0.39 is 49.5 Å². The van der Waals surface area contributed by atoms with Crippen molar-refractivity contribution in [3.63, 3.8) is 0 Å². The number of nitro groups is 4. The third-order valence-corrected chi connectivity index (χ3v) is 2.74. The van der Waals surface area contributed by atoms with Gasteiger partial charge in [0.2, 0.25) is 13.2 Å². The minimum Gasteiger partial charge on any atom is -0.441 e. The molecule has 0 aliphatic rings. The number of ether oxygens (including phenoxy) is 2. The first-order chi connectivity index (χ1) is 9.87. The number of hydrogen-bond donors (Lipinski definition) is 0. The molecule has 15 heteroatoms. The first kappa shape index (κ1) is 19.3. The lowest BCUT2D eigenvalue weighted by Gasteiger charge is -2.16. The number of rotatable bonds is 8. The van der Waals surface area contributed by atoms with Gasteiger partial charge in [0.15, 0.2) is 0 Å². The highest BCUT2D eigenvalue weighted by Crippen LogP contribution is 2.13. The number of hydrogen-bond acceptors (Lipinski definition) is 11. The molecule has 124 valence electrons. The van der Waals surface area contributed by atoms with Crippen LogP contribution in [0.25, 0.3) is 0 Å². The van der Waals surface area contributed by atoms with Crippen LogP contribution in [0.4, 0.5) is 0 Å². The van der Waals surface area contributed by atoms with Crippen molar-refractivity contribution in [3.8, 4) is 0 Å². The third-order valence-electron chi connectivity index (χ3n) is 2.50. The van der Waals surface area contributed by atoms with Gasteiger partial charge in [-0.3, -0.25) is 40.5 Å². The van der Waals surface area contributed by atoms with E-state index in [1.807, 2.05) is 0 Å². The van der Waals surface area contributed by atoms with Crippen molar-refractivity contribution in [2.45, 2.75) is 25.2 Å². The first-order valence-electron chi connectivity index (χ1n) is 5.25.